The maximum absolute atomic E-state index is 11.7. The number of methoxy groups -OCH3 is 1. The molecule has 0 saturated heterocycles. The molecule has 2 rings (SSSR count). The van der Waals surface area contributed by atoms with Crippen LogP contribution in [0, 0.1) is 6.92 Å². The van der Waals surface area contributed by atoms with E-state index in [9.17, 15) is 4.79 Å². The van der Waals surface area contributed by atoms with Gasteiger partial charge in [-0.25, -0.2) is 4.79 Å². The molecule has 19 heavy (non-hydrogen) atoms. The van der Waals surface area contributed by atoms with Crippen molar-refractivity contribution in [2.75, 3.05) is 7.11 Å². The fraction of sp³-hybridized carbons (Fsp3) is 0.133. The zero-order chi connectivity index (χ0) is 13.8. The van der Waals surface area contributed by atoms with Crippen molar-refractivity contribution in [2.45, 2.75) is 6.92 Å². The van der Waals surface area contributed by atoms with Crippen molar-refractivity contribution >= 4 is 17.6 Å². The Balaban J connectivity index is 2.35. The fourth-order valence-corrected chi connectivity index (χ4v) is 1.75. The normalized spacial score (nSPS) is 10.1. The summed E-state index contributed by atoms with van der Waals surface area (Å²) in [4.78, 5) is 11.7. The van der Waals surface area contributed by atoms with Gasteiger partial charge in [-0.1, -0.05) is 17.7 Å². The van der Waals surface area contributed by atoms with Gasteiger partial charge in [0.15, 0.2) is 0 Å². The summed E-state index contributed by atoms with van der Waals surface area (Å²) < 4.78 is 10.4. The smallest absolute Gasteiger partial charge is 0.341 e. The predicted molar refractivity (Wildman–Crippen MR) is 74.0 cm³/mol. The molecule has 4 heteroatoms. The van der Waals surface area contributed by atoms with Gasteiger partial charge in [-0.3, -0.25) is 0 Å². The van der Waals surface area contributed by atoms with Crippen molar-refractivity contribution in [3.63, 3.8) is 0 Å². The maximum atomic E-state index is 11.7. The molecule has 0 bridgehead atoms. The number of hydrogen-bond acceptors (Lipinski definition) is 3. The maximum Gasteiger partial charge on any atom is 0.341 e. The number of ether oxygens (including phenoxy) is 2. The van der Waals surface area contributed by atoms with Crippen LogP contribution in [0.3, 0.4) is 0 Å². The van der Waals surface area contributed by atoms with E-state index in [2.05, 4.69) is 0 Å². The van der Waals surface area contributed by atoms with Crippen LogP contribution in [0.4, 0.5) is 0 Å². The molecule has 2 aromatic rings. The highest BCUT2D eigenvalue weighted by molar-refractivity contribution is 6.30. The lowest BCUT2D eigenvalue weighted by molar-refractivity contribution is 0.0598. The van der Waals surface area contributed by atoms with E-state index in [1.807, 2.05) is 13.0 Å². The molecule has 2 aromatic carbocycles. The summed E-state index contributed by atoms with van der Waals surface area (Å²) in [6.45, 7) is 1.93. The van der Waals surface area contributed by atoms with Gasteiger partial charge in [0.2, 0.25) is 0 Å². The highest BCUT2D eigenvalue weighted by Gasteiger charge is 2.13. The predicted octanol–water partition coefficient (Wildman–Crippen LogP) is 4.23. The summed E-state index contributed by atoms with van der Waals surface area (Å²) in [6, 6.07) is 12.3. The Hall–Kier alpha value is -2.00. The first-order valence-corrected chi connectivity index (χ1v) is 6.10. The number of esters is 1. The zero-order valence-corrected chi connectivity index (χ0v) is 11.4. The molecule has 0 heterocycles. The molecule has 3 nitrogen and oxygen atoms in total. The standard InChI is InChI=1S/C15H13ClO3/c1-10-3-8-13(15(17)18-2)14(9-10)19-12-6-4-11(16)5-7-12/h3-9H,1-2H3. The number of carbonyl (C=O) groups excluding carboxylic acids is 1. The lowest BCUT2D eigenvalue weighted by atomic mass is 10.1. The van der Waals surface area contributed by atoms with Crippen molar-refractivity contribution in [3.8, 4) is 11.5 Å². The second-order valence-electron chi connectivity index (χ2n) is 4.05. The molecule has 0 aliphatic rings. The number of carbonyl (C=O) groups is 1. The quantitative estimate of drug-likeness (QED) is 0.787. The molecular weight excluding hydrogens is 264 g/mol. The molecule has 0 amide bonds. The Morgan fingerprint density at radius 2 is 1.79 bits per heavy atom. The first-order chi connectivity index (χ1) is 9.10. The molecule has 0 unspecified atom stereocenters. The second-order valence-corrected chi connectivity index (χ2v) is 4.48. The minimum Gasteiger partial charge on any atom is -0.465 e. The van der Waals surface area contributed by atoms with E-state index in [1.54, 1.807) is 36.4 Å². The van der Waals surface area contributed by atoms with Crippen LogP contribution < -0.4 is 4.74 Å². The van der Waals surface area contributed by atoms with Crippen LogP contribution in [0.1, 0.15) is 15.9 Å². The Labute approximate surface area is 116 Å². The Kier molecular flexibility index (Phi) is 4.07. The van der Waals surface area contributed by atoms with Crippen LogP contribution >= 0.6 is 11.6 Å². The number of rotatable bonds is 3. The minimum absolute atomic E-state index is 0.392. The van der Waals surface area contributed by atoms with Crippen LogP contribution in [0.2, 0.25) is 5.02 Å². The minimum atomic E-state index is -0.427. The van der Waals surface area contributed by atoms with Gasteiger partial charge in [0.1, 0.15) is 17.1 Å². The van der Waals surface area contributed by atoms with Gasteiger partial charge in [-0.15, -0.1) is 0 Å². The molecule has 98 valence electrons. The van der Waals surface area contributed by atoms with E-state index in [0.29, 0.717) is 22.1 Å². The molecule has 0 radical (unpaired) electrons. The topological polar surface area (TPSA) is 35.5 Å². The monoisotopic (exact) mass is 276 g/mol. The van der Waals surface area contributed by atoms with Crippen molar-refractivity contribution in [1.82, 2.24) is 0 Å². The SMILES string of the molecule is COC(=O)c1ccc(C)cc1Oc1ccc(Cl)cc1. The van der Waals surface area contributed by atoms with E-state index < -0.39 is 5.97 Å². The molecule has 0 N–H and O–H groups in total. The van der Waals surface area contributed by atoms with Gasteiger partial charge in [-0.05, 0) is 48.9 Å². The lowest BCUT2D eigenvalue weighted by Gasteiger charge is -2.10. The molecule has 0 aliphatic carbocycles. The second kappa shape index (κ2) is 5.76. The summed E-state index contributed by atoms with van der Waals surface area (Å²) in [6.07, 6.45) is 0. The Bertz CT molecular complexity index is 591. The van der Waals surface area contributed by atoms with E-state index in [0.717, 1.165) is 5.56 Å². The molecule has 0 fully saturated rings. The number of benzene rings is 2. The lowest BCUT2D eigenvalue weighted by Crippen LogP contribution is -2.03. The van der Waals surface area contributed by atoms with Crippen molar-refractivity contribution in [2.24, 2.45) is 0 Å². The molecular formula is C15H13ClO3. The molecule has 0 atom stereocenters. The average Bonchev–Trinajstić information content (AvgIpc) is 2.41. The van der Waals surface area contributed by atoms with Crippen LogP contribution in [0.25, 0.3) is 0 Å². The van der Waals surface area contributed by atoms with Crippen LogP contribution in [0.15, 0.2) is 42.5 Å². The molecule has 0 spiro atoms. The highest BCUT2D eigenvalue weighted by Crippen LogP contribution is 2.28. The van der Waals surface area contributed by atoms with Gasteiger partial charge >= 0.3 is 5.97 Å². The Morgan fingerprint density at radius 1 is 1.11 bits per heavy atom. The third kappa shape index (κ3) is 3.26. The third-order valence-corrected chi connectivity index (χ3v) is 2.84. The van der Waals surface area contributed by atoms with Crippen molar-refractivity contribution in [3.05, 3.63) is 58.6 Å². The molecule has 0 aromatic heterocycles. The van der Waals surface area contributed by atoms with Crippen LogP contribution in [0.5, 0.6) is 11.5 Å². The van der Waals surface area contributed by atoms with Gasteiger partial charge in [0.05, 0.1) is 7.11 Å². The Morgan fingerprint density at radius 3 is 2.42 bits per heavy atom. The first-order valence-electron chi connectivity index (χ1n) is 5.72. The van der Waals surface area contributed by atoms with Crippen molar-refractivity contribution in [1.29, 1.82) is 0 Å². The highest BCUT2D eigenvalue weighted by atomic mass is 35.5. The van der Waals surface area contributed by atoms with Crippen molar-refractivity contribution < 1.29 is 14.3 Å². The summed E-state index contributed by atoms with van der Waals surface area (Å²) in [5, 5.41) is 0.629. The van der Waals surface area contributed by atoms with E-state index in [-0.39, 0.29) is 0 Å². The van der Waals surface area contributed by atoms with E-state index in [1.165, 1.54) is 7.11 Å². The largest absolute Gasteiger partial charge is 0.465 e. The zero-order valence-electron chi connectivity index (χ0n) is 10.6. The number of halogens is 1. The first kappa shape index (κ1) is 13.4. The molecule has 0 saturated carbocycles. The number of aryl methyl sites for hydroxylation is 1. The summed E-state index contributed by atoms with van der Waals surface area (Å²) >= 11 is 5.81. The van der Waals surface area contributed by atoms with Crippen LogP contribution in [-0.2, 0) is 4.74 Å². The third-order valence-electron chi connectivity index (χ3n) is 2.58. The summed E-state index contributed by atoms with van der Waals surface area (Å²) in [5.41, 5.74) is 1.39. The van der Waals surface area contributed by atoms with Gasteiger partial charge in [-0.2, -0.15) is 0 Å². The van der Waals surface area contributed by atoms with E-state index in [4.69, 9.17) is 21.1 Å². The van der Waals surface area contributed by atoms with Crippen LogP contribution in [-0.4, -0.2) is 13.1 Å². The molecule has 0 aliphatic heterocycles. The van der Waals surface area contributed by atoms with E-state index >= 15 is 0 Å². The fourth-order valence-electron chi connectivity index (χ4n) is 1.62. The van der Waals surface area contributed by atoms with Gasteiger partial charge < -0.3 is 9.47 Å². The van der Waals surface area contributed by atoms with Gasteiger partial charge in [0, 0.05) is 5.02 Å². The number of hydrogen-bond donors (Lipinski definition) is 0. The summed E-state index contributed by atoms with van der Waals surface area (Å²) in [5.74, 6) is 0.651. The summed E-state index contributed by atoms with van der Waals surface area (Å²) in [7, 11) is 1.34. The van der Waals surface area contributed by atoms with Gasteiger partial charge in [0.25, 0.3) is 0 Å². The average molecular weight is 277 g/mol.